The summed E-state index contributed by atoms with van der Waals surface area (Å²) in [4.78, 5) is 4.20. The van der Waals surface area contributed by atoms with E-state index in [4.69, 9.17) is 0 Å². The van der Waals surface area contributed by atoms with E-state index in [9.17, 15) is 0 Å². The number of fused-ring (bicyclic) bond motifs is 1. The number of rotatable bonds is 2. The van der Waals surface area contributed by atoms with Crippen LogP contribution in [0.15, 0.2) is 42.7 Å². The summed E-state index contributed by atoms with van der Waals surface area (Å²) < 4.78 is 0. The van der Waals surface area contributed by atoms with Gasteiger partial charge in [0.25, 0.3) is 0 Å². The quantitative estimate of drug-likeness (QED) is 0.858. The summed E-state index contributed by atoms with van der Waals surface area (Å²) in [5.74, 6) is 0.591. The minimum absolute atomic E-state index is 0.371. The number of aromatic nitrogens is 1. The van der Waals surface area contributed by atoms with Crippen molar-refractivity contribution in [3.05, 3.63) is 59.4 Å². The predicted molar refractivity (Wildman–Crippen MR) is 74.8 cm³/mol. The van der Waals surface area contributed by atoms with Gasteiger partial charge in [-0.05, 0) is 41.2 Å². The predicted octanol–water partition coefficient (Wildman–Crippen LogP) is 3.91. The fraction of sp³-hybridized carbons (Fsp3) is 0.312. The summed E-state index contributed by atoms with van der Waals surface area (Å²) in [5, 5.41) is 3.58. The van der Waals surface area contributed by atoms with E-state index in [0.717, 1.165) is 6.42 Å². The lowest BCUT2D eigenvalue weighted by Crippen LogP contribution is -2.05. The van der Waals surface area contributed by atoms with Crippen molar-refractivity contribution < 1.29 is 0 Å². The van der Waals surface area contributed by atoms with Gasteiger partial charge in [-0.15, -0.1) is 0 Å². The Kier molecular flexibility index (Phi) is 2.78. The molecule has 2 nitrogen and oxygen atoms in total. The Morgan fingerprint density at radius 3 is 2.89 bits per heavy atom. The van der Waals surface area contributed by atoms with Gasteiger partial charge < -0.3 is 5.32 Å². The van der Waals surface area contributed by atoms with E-state index in [2.05, 4.69) is 48.4 Å². The maximum Gasteiger partial charge on any atom is 0.0570 e. The minimum Gasteiger partial charge on any atom is -0.378 e. The number of anilines is 1. The zero-order valence-electron chi connectivity index (χ0n) is 10.9. The van der Waals surface area contributed by atoms with Gasteiger partial charge in [0, 0.05) is 18.1 Å². The molecule has 2 aromatic rings. The molecule has 2 heterocycles. The zero-order valence-corrected chi connectivity index (χ0v) is 10.9. The molecule has 0 amide bonds. The standard InChI is InChI=1S/C16H18N2/c1-11(2)12-5-6-15-14(8-12)9-16(18-15)13-4-3-7-17-10-13/h3-8,10-11,16,18H,9H2,1-2H3. The van der Waals surface area contributed by atoms with Crippen molar-refractivity contribution in [1.29, 1.82) is 0 Å². The highest BCUT2D eigenvalue weighted by atomic mass is 15.0. The Labute approximate surface area is 108 Å². The molecule has 1 unspecified atom stereocenters. The van der Waals surface area contributed by atoms with Gasteiger partial charge in [-0.1, -0.05) is 32.0 Å². The molecule has 0 saturated heterocycles. The van der Waals surface area contributed by atoms with Gasteiger partial charge in [-0.2, -0.15) is 0 Å². The molecule has 0 fully saturated rings. The minimum atomic E-state index is 0.371. The average Bonchev–Trinajstić information content (AvgIpc) is 2.82. The SMILES string of the molecule is CC(C)c1ccc2c(c1)CC(c1cccnc1)N2. The molecule has 0 saturated carbocycles. The molecule has 0 aliphatic carbocycles. The topological polar surface area (TPSA) is 24.9 Å². The zero-order chi connectivity index (χ0) is 12.5. The van der Waals surface area contributed by atoms with Gasteiger partial charge in [-0.3, -0.25) is 4.98 Å². The maximum atomic E-state index is 4.20. The van der Waals surface area contributed by atoms with Crippen LogP contribution in [0.3, 0.4) is 0 Å². The molecule has 0 radical (unpaired) electrons. The van der Waals surface area contributed by atoms with Gasteiger partial charge in [0.15, 0.2) is 0 Å². The smallest absolute Gasteiger partial charge is 0.0570 e. The lowest BCUT2D eigenvalue weighted by molar-refractivity contribution is 0.814. The third-order valence-electron chi connectivity index (χ3n) is 3.64. The van der Waals surface area contributed by atoms with Crippen molar-refractivity contribution in [3.8, 4) is 0 Å². The fourth-order valence-electron chi connectivity index (χ4n) is 2.52. The normalized spacial score (nSPS) is 17.6. The summed E-state index contributed by atoms with van der Waals surface area (Å²) in [6.07, 6.45) is 4.83. The van der Waals surface area contributed by atoms with E-state index in [1.807, 2.05) is 18.5 Å². The largest absolute Gasteiger partial charge is 0.378 e. The Balaban J connectivity index is 1.87. The first-order valence-electron chi connectivity index (χ1n) is 6.53. The van der Waals surface area contributed by atoms with Crippen LogP contribution < -0.4 is 5.32 Å². The maximum absolute atomic E-state index is 4.20. The average molecular weight is 238 g/mol. The molecule has 1 aliphatic rings. The summed E-state index contributed by atoms with van der Waals surface area (Å²) in [7, 11) is 0. The first-order valence-corrected chi connectivity index (χ1v) is 6.53. The Morgan fingerprint density at radius 1 is 1.28 bits per heavy atom. The number of benzene rings is 1. The van der Waals surface area contributed by atoms with Gasteiger partial charge in [0.05, 0.1) is 6.04 Å². The van der Waals surface area contributed by atoms with Crippen LogP contribution in [0.4, 0.5) is 5.69 Å². The van der Waals surface area contributed by atoms with Crippen LogP contribution in [0.2, 0.25) is 0 Å². The first kappa shape index (κ1) is 11.3. The van der Waals surface area contributed by atoms with Crippen molar-refractivity contribution in [2.45, 2.75) is 32.2 Å². The second kappa shape index (κ2) is 4.45. The van der Waals surface area contributed by atoms with Crippen LogP contribution in [0.1, 0.15) is 42.5 Å². The number of nitrogens with one attached hydrogen (secondary N) is 1. The molecule has 3 rings (SSSR count). The van der Waals surface area contributed by atoms with Gasteiger partial charge >= 0.3 is 0 Å². The van der Waals surface area contributed by atoms with Crippen molar-refractivity contribution in [2.75, 3.05) is 5.32 Å². The van der Waals surface area contributed by atoms with Crippen molar-refractivity contribution >= 4 is 5.69 Å². The molecular weight excluding hydrogens is 220 g/mol. The summed E-state index contributed by atoms with van der Waals surface area (Å²) in [6, 6.07) is 11.3. The summed E-state index contributed by atoms with van der Waals surface area (Å²) in [5.41, 5.74) is 5.38. The van der Waals surface area contributed by atoms with E-state index in [-0.39, 0.29) is 0 Å². The molecule has 1 aliphatic heterocycles. The number of hydrogen-bond donors (Lipinski definition) is 1. The fourth-order valence-corrected chi connectivity index (χ4v) is 2.52. The first-order chi connectivity index (χ1) is 8.74. The molecule has 0 bridgehead atoms. The highest BCUT2D eigenvalue weighted by molar-refractivity contribution is 5.59. The van der Waals surface area contributed by atoms with Crippen molar-refractivity contribution in [1.82, 2.24) is 4.98 Å². The molecule has 2 heteroatoms. The number of pyridine rings is 1. The highest BCUT2D eigenvalue weighted by Gasteiger charge is 2.22. The van der Waals surface area contributed by atoms with Crippen LogP contribution in [0.5, 0.6) is 0 Å². The molecule has 1 atom stereocenters. The van der Waals surface area contributed by atoms with Gasteiger partial charge in [0.2, 0.25) is 0 Å². The molecular formula is C16H18N2. The van der Waals surface area contributed by atoms with Crippen LogP contribution in [-0.4, -0.2) is 4.98 Å². The third kappa shape index (κ3) is 1.99. The van der Waals surface area contributed by atoms with E-state index < -0.39 is 0 Å². The van der Waals surface area contributed by atoms with Crippen molar-refractivity contribution in [3.63, 3.8) is 0 Å². The van der Waals surface area contributed by atoms with E-state index in [0.29, 0.717) is 12.0 Å². The molecule has 18 heavy (non-hydrogen) atoms. The summed E-state index contributed by atoms with van der Waals surface area (Å²) in [6.45, 7) is 4.48. The van der Waals surface area contributed by atoms with E-state index in [1.54, 1.807) is 0 Å². The van der Waals surface area contributed by atoms with Crippen LogP contribution in [0, 0.1) is 0 Å². The lowest BCUT2D eigenvalue weighted by Gasteiger charge is -2.10. The molecule has 1 N–H and O–H groups in total. The molecule has 0 spiro atoms. The lowest BCUT2D eigenvalue weighted by atomic mass is 9.98. The van der Waals surface area contributed by atoms with E-state index >= 15 is 0 Å². The second-order valence-corrected chi connectivity index (χ2v) is 5.26. The molecule has 1 aromatic heterocycles. The number of hydrogen-bond acceptors (Lipinski definition) is 2. The molecule has 92 valence electrons. The third-order valence-corrected chi connectivity index (χ3v) is 3.64. The Morgan fingerprint density at radius 2 is 2.17 bits per heavy atom. The monoisotopic (exact) mass is 238 g/mol. The Bertz CT molecular complexity index is 546. The van der Waals surface area contributed by atoms with Crippen LogP contribution in [0.25, 0.3) is 0 Å². The summed E-state index contributed by atoms with van der Waals surface area (Å²) >= 11 is 0. The number of nitrogens with zero attached hydrogens (tertiary/aromatic N) is 1. The van der Waals surface area contributed by atoms with Gasteiger partial charge in [-0.25, -0.2) is 0 Å². The van der Waals surface area contributed by atoms with Crippen LogP contribution >= 0.6 is 0 Å². The van der Waals surface area contributed by atoms with Crippen molar-refractivity contribution in [2.24, 2.45) is 0 Å². The highest BCUT2D eigenvalue weighted by Crippen LogP contribution is 2.35. The van der Waals surface area contributed by atoms with Crippen LogP contribution in [-0.2, 0) is 6.42 Å². The van der Waals surface area contributed by atoms with E-state index in [1.165, 1.54) is 22.4 Å². The van der Waals surface area contributed by atoms with Gasteiger partial charge in [0.1, 0.15) is 0 Å². The second-order valence-electron chi connectivity index (χ2n) is 5.26. The Hall–Kier alpha value is -1.83. The molecule has 1 aromatic carbocycles.